The predicted molar refractivity (Wildman–Crippen MR) is 48.8 cm³/mol. The van der Waals surface area contributed by atoms with Gasteiger partial charge in [0.1, 0.15) is 11.3 Å². The lowest BCUT2D eigenvalue weighted by Crippen LogP contribution is -2.20. The summed E-state index contributed by atoms with van der Waals surface area (Å²) in [5, 5.41) is 0. The van der Waals surface area contributed by atoms with E-state index in [1.807, 2.05) is 0 Å². The molecule has 0 fully saturated rings. The standard InChI is InChI=1S/C9H7F4NO3/c1-16-8(15)6-5(17-9(11,12)13)3-2-4(14)7(6)10/h2-3H,14H2,1H3. The van der Waals surface area contributed by atoms with Crippen molar-refractivity contribution in [1.29, 1.82) is 0 Å². The molecule has 0 aromatic heterocycles. The molecule has 2 N–H and O–H groups in total. The summed E-state index contributed by atoms with van der Waals surface area (Å²) in [6.45, 7) is 0. The van der Waals surface area contributed by atoms with Crippen molar-refractivity contribution in [3.05, 3.63) is 23.5 Å². The van der Waals surface area contributed by atoms with Gasteiger partial charge in [0, 0.05) is 0 Å². The number of carbonyl (C=O) groups excluding carboxylic acids is 1. The van der Waals surface area contributed by atoms with Crippen LogP contribution in [0.3, 0.4) is 0 Å². The van der Waals surface area contributed by atoms with Crippen molar-refractivity contribution in [2.45, 2.75) is 6.36 Å². The number of nitrogens with two attached hydrogens (primary N) is 1. The Morgan fingerprint density at radius 3 is 2.41 bits per heavy atom. The van der Waals surface area contributed by atoms with Crippen LogP contribution in [0.4, 0.5) is 23.2 Å². The number of ether oxygens (including phenoxy) is 2. The third-order valence-corrected chi connectivity index (χ3v) is 1.75. The molecule has 0 bridgehead atoms. The van der Waals surface area contributed by atoms with Gasteiger partial charge in [-0.2, -0.15) is 0 Å². The summed E-state index contributed by atoms with van der Waals surface area (Å²) >= 11 is 0. The largest absolute Gasteiger partial charge is 0.573 e. The second-order valence-corrected chi connectivity index (χ2v) is 2.88. The summed E-state index contributed by atoms with van der Waals surface area (Å²) in [7, 11) is 0.891. The molecule has 0 spiro atoms. The van der Waals surface area contributed by atoms with E-state index in [1.165, 1.54) is 0 Å². The molecule has 4 nitrogen and oxygen atoms in total. The molecule has 17 heavy (non-hydrogen) atoms. The fourth-order valence-corrected chi connectivity index (χ4v) is 1.08. The molecule has 0 heterocycles. The van der Waals surface area contributed by atoms with Crippen molar-refractivity contribution < 1.29 is 31.8 Å². The minimum Gasteiger partial charge on any atom is -0.465 e. The Bertz CT molecular complexity index is 445. The van der Waals surface area contributed by atoms with Crippen LogP contribution in [0.5, 0.6) is 5.75 Å². The number of alkyl halides is 3. The van der Waals surface area contributed by atoms with Gasteiger partial charge in [-0.3, -0.25) is 0 Å². The molecule has 0 aliphatic carbocycles. The first kappa shape index (κ1) is 13.1. The van der Waals surface area contributed by atoms with Crippen LogP contribution in [-0.2, 0) is 4.74 Å². The lowest BCUT2D eigenvalue weighted by atomic mass is 10.1. The molecule has 0 aliphatic rings. The molecular formula is C9H7F4NO3. The van der Waals surface area contributed by atoms with E-state index < -0.39 is 35.1 Å². The zero-order chi connectivity index (χ0) is 13.2. The maximum absolute atomic E-state index is 13.4. The van der Waals surface area contributed by atoms with Crippen LogP contribution in [0.15, 0.2) is 12.1 Å². The van der Waals surface area contributed by atoms with E-state index >= 15 is 0 Å². The number of esters is 1. The molecule has 94 valence electrons. The lowest BCUT2D eigenvalue weighted by Gasteiger charge is -2.13. The van der Waals surface area contributed by atoms with Gasteiger partial charge in [-0.05, 0) is 12.1 Å². The quantitative estimate of drug-likeness (QED) is 0.498. The van der Waals surface area contributed by atoms with E-state index in [4.69, 9.17) is 5.73 Å². The van der Waals surface area contributed by atoms with Crippen LogP contribution < -0.4 is 10.5 Å². The van der Waals surface area contributed by atoms with Gasteiger partial charge in [-0.25, -0.2) is 9.18 Å². The van der Waals surface area contributed by atoms with Gasteiger partial charge in [0.15, 0.2) is 5.82 Å². The van der Waals surface area contributed by atoms with Crippen molar-refractivity contribution in [2.75, 3.05) is 12.8 Å². The highest BCUT2D eigenvalue weighted by atomic mass is 19.4. The predicted octanol–water partition coefficient (Wildman–Crippen LogP) is 2.09. The van der Waals surface area contributed by atoms with Crippen molar-refractivity contribution in [1.82, 2.24) is 0 Å². The first-order valence-corrected chi connectivity index (χ1v) is 4.18. The number of rotatable bonds is 2. The summed E-state index contributed by atoms with van der Waals surface area (Å²) in [6.07, 6.45) is -5.05. The van der Waals surface area contributed by atoms with E-state index in [2.05, 4.69) is 9.47 Å². The van der Waals surface area contributed by atoms with Crippen molar-refractivity contribution in [2.24, 2.45) is 0 Å². The number of hydrogen-bond donors (Lipinski definition) is 1. The molecule has 1 aromatic rings. The van der Waals surface area contributed by atoms with Crippen LogP contribution in [0.1, 0.15) is 10.4 Å². The van der Waals surface area contributed by atoms with Crippen molar-refractivity contribution in [3.63, 3.8) is 0 Å². The summed E-state index contributed by atoms with van der Waals surface area (Å²) in [5.74, 6) is -3.64. The lowest BCUT2D eigenvalue weighted by molar-refractivity contribution is -0.274. The molecule has 0 unspecified atom stereocenters. The summed E-state index contributed by atoms with van der Waals surface area (Å²) < 4.78 is 57.0. The molecule has 0 atom stereocenters. The Morgan fingerprint density at radius 2 is 1.94 bits per heavy atom. The second kappa shape index (κ2) is 4.48. The van der Waals surface area contributed by atoms with Gasteiger partial charge in [0.05, 0.1) is 12.8 Å². The average Bonchev–Trinajstić information content (AvgIpc) is 2.21. The number of anilines is 1. The van der Waals surface area contributed by atoms with Gasteiger partial charge in [0.25, 0.3) is 0 Å². The maximum Gasteiger partial charge on any atom is 0.573 e. The molecule has 0 aliphatic heterocycles. The van der Waals surface area contributed by atoms with Crippen LogP contribution in [0.2, 0.25) is 0 Å². The fraction of sp³-hybridized carbons (Fsp3) is 0.222. The van der Waals surface area contributed by atoms with E-state index in [-0.39, 0.29) is 0 Å². The molecule has 0 saturated carbocycles. The molecular weight excluding hydrogens is 246 g/mol. The maximum atomic E-state index is 13.4. The minimum absolute atomic E-state index is 0.486. The number of carbonyl (C=O) groups is 1. The summed E-state index contributed by atoms with van der Waals surface area (Å²) in [5.41, 5.74) is 3.64. The number of benzene rings is 1. The Balaban J connectivity index is 3.30. The molecule has 0 radical (unpaired) electrons. The van der Waals surface area contributed by atoms with Gasteiger partial charge >= 0.3 is 12.3 Å². The zero-order valence-corrected chi connectivity index (χ0v) is 8.47. The van der Waals surface area contributed by atoms with Gasteiger partial charge in [-0.1, -0.05) is 0 Å². The highest BCUT2D eigenvalue weighted by Crippen LogP contribution is 2.31. The Hall–Kier alpha value is -1.99. The van der Waals surface area contributed by atoms with E-state index in [0.717, 1.165) is 19.2 Å². The van der Waals surface area contributed by atoms with E-state index in [0.29, 0.717) is 0 Å². The normalized spacial score (nSPS) is 11.1. The zero-order valence-electron chi connectivity index (χ0n) is 8.47. The summed E-state index contributed by atoms with van der Waals surface area (Å²) in [6, 6.07) is 1.58. The van der Waals surface area contributed by atoms with Crippen LogP contribution in [0, 0.1) is 5.82 Å². The fourth-order valence-electron chi connectivity index (χ4n) is 1.08. The van der Waals surface area contributed by atoms with Gasteiger partial charge in [0.2, 0.25) is 0 Å². The monoisotopic (exact) mass is 253 g/mol. The minimum atomic E-state index is -5.05. The molecule has 0 amide bonds. The molecule has 1 aromatic carbocycles. The van der Waals surface area contributed by atoms with Crippen LogP contribution in [0.25, 0.3) is 0 Å². The van der Waals surface area contributed by atoms with Crippen LogP contribution >= 0.6 is 0 Å². The SMILES string of the molecule is COC(=O)c1c(OC(F)(F)F)ccc(N)c1F. The second-order valence-electron chi connectivity index (χ2n) is 2.88. The third-order valence-electron chi connectivity index (χ3n) is 1.75. The topological polar surface area (TPSA) is 61.5 Å². The van der Waals surface area contributed by atoms with Crippen LogP contribution in [-0.4, -0.2) is 19.4 Å². The van der Waals surface area contributed by atoms with Crippen molar-refractivity contribution >= 4 is 11.7 Å². The first-order valence-electron chi connectivity index (χ1n) is 4.18. The van der Waals surface area contributed by atoms with E-state index in [9.17, 15) is 22.4 Å². The Labute approximate surface area is 92.9 Å². The number of methoxy groups -OCH3 is 1. The first-order chi connectivity index (χ1) is 7.76. The number of halogens is 4. The highest BCUT2D eigenvalue weighted by molar-refractivity contribution is 5.94. The van der Waals surface area contributed by atoms with Gasteiger partial charge in [-0.15, -0.1) is 13.2 Å². The third kappa shape index (κ3) is 2.99. The highest BCUT2D eigenvalue weighted by Gasteiger charge is 2.34. The van der Waals surface area contributed by atoms with E-state index in [1.54, 1.807) is 0 Å². The smallest absolute Gasteiger partial charge is 0.465 e. The Morgan fingerprint density at radius 1 is 1.35 bits per heavy atom. The molecule has 1 rings (SSSR count). The average molecular weight is 253 g/mol. The van der Waals surface area contributed by atoms with Gasteiger partial charge < -0.3 is 15.2 Å². The molecule has 0 saturated heterocycles. The number of hydrogen-bond acceptors (Lipinski definition) is 4. The van der Waals surface area contributed by atoms with Crippen molar-refractivity contribution in [3.8, 4) is 5.75 Å². The Kier molecular flexibility index (Phi) is 3.45. The summed E-state index contributed by atoms with van der Waals surface area (Å²) in [4.78, 5) is 11.1. The number of nitrogen functional groups attached to an aromatic ring is 1. The molecule has 8 heteroatoms.